The van der Waals surface area contributed by atoms with Crippen LogP contribution in [0.25, 0.3) is 0 Å². The molecule has 1 heterocycles. The van der Waals surface area contributed by atoms with Crippen LogP contribution in [0.1, 0.15) is 64.6 Å². The van der Waals surface area contributed by atoms with Crippen LogP contribution in [0.4, 0.5) is 0 Å². The van der Waals surface area contributed by atoms with Crippen LogP contribution in [-0.2, 0) is 0 Å². The van der Waals surface area contributed by atoms with Crippen LogP contribution < -0.4 is 4.74 Å². The van der Waals surface area contributed by atoms with Crippen LogP contribution >= 0.6 is 15.9 Å². The second-order valence-corrected chi connectivity index (χ2v) is 7.96. The average molecular weight is 353 g/mol. The molecule has 0 bridgehead atoms. The van der Waals surface area contributed by atoms with Gasteiger partial charge in [0.25, 0.3) is 0 Å². The van der Waals surface area contributed by atoms with Gasteiger partial charge in [-0.05, 0) is 59.4 Å². The SMILES string of the molecule is CC1CCC(C(C)C)C(Oc2cc(Br)nc(C3CC3)n2)C1. The average Bonchev–Trinajstić information content (AvgIpc) is 3.21. The van der Waals surface area contributed by atoms with Crippen molar-refractivity contribution in [3.8, 4) is 5.88 Å². The molecule has 3 nitrogen and oxygen atoms in total. The molecule has 2 aliphatic carbocycles. The van der Waals surface area contributed by atoms with E-state index in [1.165, 1.54) is 25.7 Å². The van der Waals surface area contributed by atoms with E-state index in [1.54, 1.807) is 0 Å². The molecule has 1 aromatic rings. The molecule has 0 radical (unpaired) electrons. The van der Waals surface area contributed by atoms with E-state index in [-0.39, 0.29) is 0 Å². The first-order valence-corrected chi connectivity index (χ1v) is 9.03. The zero-order valence-corrected chi connectivity index (χ0v) is 14.8. The van der Waals surface area contributed by atoms with Crippen molar-refractivity contribution in [1.82, 2.24) is 9.97 Å². The predicted molar refractivity (Wildman–Crippen MR) is 87.5 cm³/mol. The maximum Gasteiger partial charge on any atom is 0.218 e. The molecule has 0 spiro atoms. The molecule has 3 unspecified atom stereocenters. The van der Waals surface area contributed by atoms with Crippen LogP contribution in [0, 0.1) is 17.8 Å². The molecule has 2 saturated carbocycles. The summed E-state index contributed by atoms with van der Waals surface area (Å²) in [5.74, 6) is 4.30. The monoisotopic (exact) mass is 352 g/mol. The van der Waals surface area contributed by atoms with Gasteiger partial charge >= 0.3 is 0 Å². The summed E-state index contributed by atoms with van der Waals surface area (Å²) < 4.78 is 7.16. The molecular formula is C17H25BrN2O. The number of nitrogens with zero attached hydrogens (tertiary/aromatic N) is 2. The number of hydrogen-bond acceptors (Lipinski definition) is 3. The summed E-state index contributed by atoms with van der Waals surface area (Å²) in [5.41, 5.74) is 0. The second-order valence-electron chi connectivity index (χ2n) is 7.14. The molecule has 0 saturated heterocycles. The highest BCUT2D eigenvalue weighted by Crippen LogP contribution is 2.40. The molecule has 3 atom stereocenters. The molecule has 3 rings (SSSR count). The van der Waals surface area contributed by atoms with Crippen LogP contribution in [-0.4, -0.2) is 16.1 Å². The van der Waals surface area contributed by atoms with E-state index in [1.807, 2.05) is 6.07 Å². The van der Waals surface area contributed by atoms with Crippen molar-refractivity contribution < 1.29 is 4.74 Å². The smallest absolute Gasteiger partial charge is 0.218 e. The molecule has 2 fully saturated rings. The lowest BCUT2D eigenvalue weighted by atomic mass is 9.75. The Kier molecular flexibility index (Phi) is 4.53. The third-order valence-corrected chi connectivity index (χ3v) is 5.27. The van der Waals surface area contributed by atoms with E-state index >= 15 is 0 Å². The molecule has 2 aliphatic rings. The second kappa shape index (κ2) is 6.23. The van der Waals surface area contributed by atoms with E-state index in [0.29, 0.717) is 23.9 Å². The van der Waals surface area contributed by atoms with Gasteiger partial charge in [-0.3, -0.25) is 0 Å². The lowest BCUT2D eigenvalue weighted by molar-refractivity contribution is 0.0423. The van der Waals surface area contributed by atoms with Crippen LogP contribution in [0.2, 0.25) is 0 Å². The fourth-order valence-corrected chi connectivity index (χ4v) is 3.78. The fraction of sp³-hybridized carbons (Fsp3) is 0.765. The summed E-state index contributed by atoms with van der Waals surface area (Å²) in [6.07, 6.45) is 6.45. The van der Waals surface area contributed by atoms with Gasteiger partial charge in [-0.1, -0.05) is 27.2 Å². The fourth-order valence-electron chi connectivity index (χ4n) is 3.40. The van der Waals surface area contributed by atoms with Gasteiger partial charge < -0.3 is 4.74 Å². The van der Waals surface area contributed by atoms with Crippen molar-refractivity contribution in [2.45, 2.75) is 64.9 Å². The van der Waals surface area contributed by atoms with Gasteiger partial charge in [-0.25, -0.2) is 4.98 Å². The first-order valence-electron chi connectivity index (χ1n) is 8.24. The zero-order valence-electron chi connectivity index (χ0n) is 13.2. The van der Waals surface area contributed by atoms with Crippen LogP contribution in [0.5, 0.6) is 5.88 Å². The molecule has 116 valence electrons. The highest BCUT2D eigenvalue weighted by Gasteiger charge is 2.33. The molecule has 0 aromatic carbocycles. The third kappa shape index (κ3) is 3.77. The van der Waals surface area contributed by atoms with Gasteiger partial charge in [0.15, 0.2) is 0 Å². The minimum Gasteiger partial charge on any atom is -0.474 e. The molecule has 0 aliphatic heterocycles. The summed E-state index contributed by atoms with van der Waals surface area (Å²) in [4.78, 5) is 9.13. The normalized spacial score (nSPS) is 29.7. The summed E-state index contributed by atoms with van der Waals surface area (Å²) in [6.45, 7) is 6.95. The Hall–Kier alpha value is -0.640. The van der Waals surface area contributed by atoms with Gasteiger partial charge in [-0.2, -0.15) is 4.98 Å². The standard InChI is InChI=1S/C17H25BrN2O/c1-10(2)13-7-4-11(3)8-14(13)21-16-9-15(18)19-17(20-16)12-5-6-12/h9-14H,4-8H2,1-3H3. The first kappa shape index (κ1) is 15.3. The summed E-state index contributed by atoms with van der Waals surface area (Å²) in [6, 6.07) is 1.92. The minimum absolute atomic E-state index is 0.294. The van der Waals surface area contributed by atoms with Crippen LogP contribution in [0.3, 0.4) is 0 Å². The number of ether oxygens (including phenoxy) is 1. The van der Waals surface area contributed by atoms with Crippen molar-refractivity contribution in [2.24, 2.45) is 17.8 Å². The molecular weight excluding hydrogens is 328 g/mol. The lowest BCUT2D eigenvalue weighted by Gasteiger charge is -2.37. The van der Waals surface area contributed by atoms with Crippen molar-refractivity contribution in [3.63, 3.8) is 0 Å². The lowest BCUT2D eigenvalue weighted by Crippen LogP contribution is -2.36. The highest BCUT2D eigenvalue weighted by molar-refractivity contribution is 9.10. The number of halogens is 1. The Morgan fingerprint density at radius 1 is 1.19 bits per heavy atom. The zero-order chi connectivity index (χ0) is 15.0. The van der Waals surface area contributed by atoms with E-state index < -0.39 is 0 Å². The highest BCUT2D eigenvalue weighted by atomic mass is 79.9. The predicted octanol–water partition coefficient (Wildman–Crippen LogP) is 4.96. The molecule has 0 N–H and O–H groups in total. The minimum atomic E-state index is 0.294. The van der Waals surface area contributed by atoms with E-state index in [9.17, 15) is 0 Å². The van der Waals surface area contributed by atoms with Crippen molar-refractivity contribution in [1.29, 1.82) is 0 Å². The maximum atomic E-state index is 6.32. The molecule has 4 heteroatoms. The van der Waals surface area contributed by atoms with Crippen molar-refractivity contribution >= 4 is 15.9 Å². The van der Waals surface area contributed by atoms with E-state index in [0.717, 1.165) is 28.6 Å². The molecule has 21 heavy (non-hydrogen) atoms. The quantitative estimate of drug-likeness (QED) is 0.718. The van der Waals surface area contributed by atoms with Crippen molar-refractivity contribution in [3.05, 3.63) is 16.5 Å². The number of hydrogen-bond donors (Lipinski definition) is 0. The van der Waals surface area contributed by atoms with Gasteiger partial charge in [-0.15, -0.1) is 0 Å². The van der Waals surface area contributed by atoms with Gasteiger partial charge in [0.05, 0.1) is 0 Å². The summed E-state index contributed by atoms with van der Waals surface area (Å²) >= 11 is 3.50. The maximum absolute atomic E-state index is 6.32. The summed E-state index contributed by atoms with van der Waals surface area (Å²) in [7, 11) is 0. The third-order valence-electron chi connectivity index (χ3n) is 4.86. The number of rotatable bonds is 4. The van der Waals surface area contributed by atoms with E-state index in [2.05, 4.69) is 46.7 Å². The topological polar surface area (TPSA) is 35.0 Å². The largest absolute Gasteiger partial charge is 0.474 e. The Labute approximate surface area is 136 Å². The molecule has 0 amide bonds. The summed E-state index contributed by atoms with van der Waals surface area (Å²) in [5, 5.41) is 0. The van der Waals surface area contributed by atoms with Crippen LogP contribution in [0.15, 0.2) is 10.7 Å². The van der Waals surface area contributed by atoms with E-state index in [4.69, 9.17) is 4.74 Å². The van der Waals surface area contributed by atoms with Gasteiger partial charge in [0.1, 0.15) is 16.5 Å². The molecule has 1 aromatic heterocycles. The van der Waals surface area contributed by atoms with Crippen molar-refractivity contribution in [2.75, 3.05) is 0 Å². The Balaban J connectivity index is 1.77. The van der Waals surface area contributed by atoms with Gasteiger partial charge in [0, 0.05) is 12.0 Å². The Morgan fingerprint density at radius 3 is 2.62 bits per heavy atom. The Bertz CT molecular complexity index is 502. The van der Waals surface area contributed by atoms with Gasteiger partial charge in [0.2, 0.25) is 5.88 Å². The first-order chi connectivity index (χ1) is 10.0. The Morgan fingerprint density at radius 2 is 1.95 bits per heavy atom. The number of aromatic nitrogens is 2.